The van der Waals surface area contributed by atoms with E-state index in [2.05, 4.69) is 72.1 Å². The number of hydrogen-bond acceptors (Lipinski definition) is 11. The molecule has 1 saturated heterocycles. The average molecular weight is 778 g/mol. The summed E-state index contributed by atoms with van der Waals surface area (Å²) in [5.41, 5.74) is 8.87. The average Bonchev–Trinajstić information content (AvgIpc) is 3.15. The van der Waals surface area contributed by atoms with Gasteiger partial charge in [-0.3, -0.25) is 23.9 Å². The fourth-order valence-corrected chi connectivity index (χ4v) is 8.18. The van der Waals surface area contributed by atoms with E-state index in [9.17, 15) is 24.6 Å². The summed E-state index contributed by atoms with van der Waals surface area (Å²) in [4.78, 5) is 10.7. The summed E-state index contributed by atoms with van der Waals surface area (Å²) < 4.78 is 32.5. The van der Waals surface area contributed by atoms with Crippen LogP contribution in [0.15, 0.2) is 67.0 Å². The molecule has 0 aliphatic carbocycles. The molecule has 0 saturated carbocycles. The number of hydrogen-bond donors (Lipinski definition) is 4. The number of pyridine rings is 1. The summed E-state index contributed by atoms with van der Waals surface area (Å²) in [6.07, 6.45) is 3.15. The maximum atomic E-state index is 9.94. The number of aliphatic hydroxyl groups is 2. The molecule has 13 heteroatoms. The zero-order valence-electron chi connectivity index (χ0n) is 31.4. The highest BCUT2D eigenvalue weighted by Gasteiger charge is 2.22. The van der Waals surface area contributed by atoms with Crippen LogP contribution in [0.1, 0.15) is 38.9 Å². The Morgan fingerprint density at radius 1 is 0.833 bits per heavy atom. The smallest absolute Gasteiger partial charge is 0.142 e. The second-order valence-corrected chi connectivity index (χ2v) is 16.7. The lowest BCUT2D eigenvalue weighted by Gasteiger charge is -2.41. The Morgan fingerprint density at radius 2 is 1.48 bits per heavy atom. The third kappa shape index (κ3) is 11.4. The Balaban J connectivity index is 1.31. The summed E-state index contributed by atoms with van der Waals surface area (Å²) in [5, 5.41) is 28.9. The van der Waals surface area contributed by atoms with Gasteiger partial charge in [-0.15, -0.1) is 0 Å². The predicted octanol–water partition coefficient (Wildman–Crippen LogP) is 6.33. The number of halogens is 1. The molecule has 5 rings (SSSR count). The molecule has 0 radical (unpaired) electrons. The van der Waals surface area contributed by atoms with Crippen LogP contribution in [0.2, 0.25) is 5.02 Å². The number of benzene rings is 3. The minimum absolute atomic E-state index is 0.0591. The zero-order chi connectivity index (χ0) is 38.7. The van der Waals surface area contributed by atoms with Crippen LogP contribution >= 0.6 is 22.2 Å². The lowest BCUT2D eigenvalue weighted by molar-refractivity contribution is 0.154. The van der Waals surface area contributed by atoms with E-state index < -0.39 is 10.6 Å². The Morgan fingerprint density at radius 3 is 2.15 bits per heavy atom. The van der Waals surface area contributed by atoms with E-state index in [0.29, 0.717) is 53.2 Å². The first-order chi connectivity index (χ1) is 26.0. The lowest BCUT2D eigenvalue weighted by atomic mass is 9.91. The fourth-order valence-electron chi connectivity index (χ4n) is 6.63. The molecule has 54 heavy (non-hydrogen) atoms. The first-order valence-corrected chi connectivity index (χ1v) is 20.4. The Labute approximate surface area is 325 Å². The van der Waals surface area contributed by atoms with Crippen LogP contribution in [0.5, 0.6) is 11.5 Å². The lowest BCUT2D eigenvalue weighted by Crippen LogP contribution is -2.41. The molecule has 0 spiro atoms. The van der Waals surface area contributed by atoms with Crippen LogP contribution in [0, 0.1) is 25.2 Å². The maximum Gasteiger partial charge on any atom is 0.142 e. The third-order valence-electron chi connectivity index (χ3n) is 9.93. The molecule has 4 N–H and O–H groups in total. The number of nitrogens with zero attached hydrogens (tertiary/aromatic N) is 5. The number of rotatable bonds is 18. The van der Waals surface area contributed by atoms with E-state index in [1.54, 1.807) is 24.4 Å². The van der Waals surface area contributed by atoms with Crippen molar-refractivity contribution in [3.63, 3.8) is 0 Å². The van der Waals surface area contributed by atoms with Crippen LogP contribution in [0.3, 0.4) is 0 Å². The van der Waals surface area contributed by atoms with Crippen molar-refractivity contribution in [1.82, 2.24) is 19.7 Å². The minimum Gasteiger partial charge on any atom is -0.488 e. The molecule has 1 aromatic heterocycles. The van der Waals surface area contributed by atoms with Crippen LogP contribution in [-0.4, -0.2) is 110 Å². The van der Waals surface area contributed by atoms with E-state index >= 15 is 0 Å². The van der Waals surface area contributed by atoms with Crippen LogP contribution < -0.4 is 9.47 Å². The molecule has 290 valence electrons. The number of aromatic nitrogens is 1. The van der Waals surface area contributed by atoms with E-state index in [1.165, 1.54) is 22.9 Å². The molecule has 0 unspecified atom stereocenters. The molecule has 1 fully saturated rings. The zero-order valence-corrected chi connectivity index (χ0v) is 33.0. The van der Waals surface area contributed by atoms with Crippen LogP contribution in [-0.2, 0) is 26.3 Å². The van der Waals surface area contributed by atoms with Gasteiger partial charge in [-0.25, -0.2) is 0 Å². The van der Waals surface area contributed by atoms with Gasteiger partial charge in [0.2, 0.25) is 0 Å². The maximum absolute atomic E-state index is 9.94. The molecule has 0 atom stereocenters. The number of nitriles is 1. The van der Waals surface area contributed by atoms with Crippen molar-refractivity contribution in [2.24, 2.45) is 0 Å². The summed E-state index contributed by atoms with van der Waals surface area (Å²) in [7, 11) is -0.258. The SMILES string of the molecule is Cc1c(COc2cc(OCc3cncc(C#N)c3)c(CN(CCO)CCO)cc2Cl)cccc1-c1cccc(CN(C)CCN2CCS(O)(O)CC2)c1C. The highest BCUT2D eigenvalue weighted by atomic mass is 35.5. The van der Waals surface area contributed by atoms with Crippen molar-refractivity contribution in [2.45, 2.75) is 40.2 Å². The Kier molecular flexibility index (Phi) is 15.1. The van der Waals surface area contributed by atoms with Gasteiger partial charge in [0.1, 0.15) is 30.8 Å². The molecular weight excluding hydrogens is 726 g/mol. The monoisotopic (exact) mass is 777 g/mol. The summed E-state index contributed by atoms with van der Waals surface area (Å²) in [6.45, 7) is 9.78. The third-order valence-corrected chi connectivity index (χ3v) is 11.9. The van der Waals surface area contributed by atoms with Gasteiger partial charge in [0.05, 0.1) is 35.3 Å². The molecule has 11 nitrogen and oxygen atoms in total. The van der Waals surface area contributed by atoms with Gasteiger partial charge in [-0.2, -0.15) is 15.9 Å². The Bertz CT molecular complexity index is 1890. The highest BCUT2D eigenvalue weighted by molar-refractivity contribution is 8.24. The highest BCUT2D eigenvalue weighted by Crippen LogP contribution is 2.40. The number of aliphatic hydroxyl groups excluding tert-OH is 2. The largest absolute Gasteiger partial charge is 0.488 e. The van der Waals surface area contributed by atoms with E-state index in [-0.39, 0.29) is 26.4 Å². The molecular formula is C41H52ClN5O6S. The van der Waals surface area contributed by atoms with Gasteiger partial charge in [0.15, 0.2) is 0 Å². The number of likely N-dealkylation sites (N-methyl/N-ethyl adjacent to an activating group) is 1. The van der Waals surface area contributed by atoms with Gasteiger partial charge in [-0.1, -0.05) is 48.0 Å². The molecule has 0 bridgehead atoms. The standard InChI is InChI=1S/C41H52ClN5O6S/c1-30-34(26-45(3)10-11-46-14-18-54(50,51)19-15-46)6-4-8-37(30)38-9-5-7-35(31(38)2)29-53-41-22-40(52-28-33-20-32(23-43)24-44-25-33)36(21-39(41)42)27-47(12-16-48)13-17-49/h4-9,20-22,24-25,48-51H,10-19,26-29H2,1-3H3. The van der Waals surface area contributed by atoms with E-state index in [4.69, 9.17) is 21.1 Å². The summed E-state index contributed by atoms with van der Waals surface area (Å²) in [6, 6.07) is 20.1. The van der Waals surface area contributed by atoms with Crippen molar-refractivity contribution in [3.05, 3.63) is 111 Å². The normalized spacial score (nSPS) is 15.0. The topological polar surface area (TPSA) is 146 Å². The first kappa shape index (κ1) is 41.4. The van der Waals surface area contributed by atoms with Crippen LogP contribution in [0.25, 0.3) is 11.1 Å². The molecule has 1 aliphatic rings. The molecule has 4 aromatic rings. The van der Waals surface area contributed by atoms with Crippen molar-refractivity contribution >= 4 is 22.2 Å². The fraction of sp³-hybridized carbons (Fsp3) is 0.415. The first-order valence-electron chi connectivity index (χ1n) is 18.2. The molecule has 3 aromatic carbocycles. The molecule has 1 aliphatic heterocycles. The Hall–Kier alpha value is -3.74. The van der Waals surface area contributed by atoms with Crippen molar-refractivity contribution < 1.29 is 28.8 Å². The van der Waals surface area contributed by atoms with E-state index in [0.717, 1.165) is 60.5 Å². The van der Waals surface area contributed by atoms with Gasteiger partial charge in [-0.05, 0) is 66.4 Å². The van der Waals surface area contributed by atoms with Crippen LogP contribution in [0.4, 0.5) is 0 Å². The quantitative estimate of drug-likeness (QED) is 0.0899. The van der Waals surface area contributed by atoms with Crippen molar-refractivity contribution in [1.29, 1.82) is 5.26 Å². The predicted molar refractivity (Wildman–Crippen MR) is 215 cm³/mol. The number of ether oxygens (including phenoxy) is 2. The van der Waals surface area contributed by atoms with Crippen molar-refractivity contribution in [3.8, 4) is 28.7 Å². The minimum atomic E-state index is -2.39. The van der Waals surface area contributed by atoms with Gasteiger partial charge < -0.3 is 24.6 Å². The van der Waals surface area contributed by atoms with Gasteiger partial charge >= 0.3 is 0 Å². The second-order valence-electron chi connectivity index (χ2n) is 13.9. The van der Waals surface area contributed by atoms with E-state index in [1.807, 2.05) is 11.0 Å². The summed E-state index contributed by atoms with van der Waals surface area (Å²) in [5.74, 6) is 1.92. The molecule has 0 amide bonds. The van der Waals surface area contributed by atoms with Gasteiger partial charge in [0.25, 0.3) is 0 Å². The second kappa shape index (κ2) is 19.7. The molecule has 2 heterocycles. The summed E-state index contributed by atoms with van der Waals surface area (Å²) >= 11 is 6.82. The van der Waals surface area contributed by atoms with Crippen molar-refractivity contribution in [2.75, 3.05) is 71.0 Å². The van der Waals surface area contributed by atoms with Gasteiger partial charge in [0, 0.05) is 81.9 Å².